The van der Waals surface area contributed by atoms with Crippen molar-refractivity contribution in [2.45, 2.75) is 5.92 Å². The third-order valence-electron chi connectivity index (χ3n) is 2.90. The Balaban J connectivity index is 2.30. The number of hydrogen-bond donors (Lipinski definition) is 0. The molecule has 0 radical (unpaired) electrons. The Morgan fingerprint density at radius 2 is 1.74 bits per heavy atom. The molecular weight excluding hydrogens is 238 g/mol. The van der Waals surface area contributed by atoms with E-state index in [4.69, 9.17) is 4.74 Å². The highest BCUT2D eigenvalue weighted by Crippen LogP contribution is 2.22. The zero-order valence-corrected chi connectivity index (χ0v) is 10.5. The Morgan fingerprint density at radius 3 is 2.26 bits per heavy atom. The molecule has 3 heteroatoms. The smallest absolute Gasteiger partial charge is 0.184 e. The average Bonchev–Trinajstić information content (AvgIpc) is 2.49. The van der Waals surface area contributed by atoms with E-state index in [1.165, 1.54) is 0 Å². The Kier molecular flexibility index (Phi) is 3.94. The minimum Gasteiger partial charge on any atom is -0.497 e. The number of ketones is 1. The highest BCUT2D eigenvalue weighted by molar-refractivity contribution is 6.02. The standard InChI is InChI=1S/C16H13NO2/c1-19-14-9-7-12(8-10-14)15(11-17)16(18)13-5-3-2-4-6-13/h2-10,15H,1H3/t15-/m1/s1. The molecule has 2 aromatic rings. The average molecular weight is 251 g/mol. The Labute approximate surface area is 112 Å². The number of hydrogen-bond acceptors (Lipinski definition) is 3. The van der Waals surface area contributed by atoms with Crippen LogP contribution in [0.5, 0.6) is 5.75 Å². The number of ether oxygens (including phenoxy) is 1. The van der Waals surface area contributed by atoms with Crippen LogP contribution in [0.1, 0.15) is 21.8 Å². The van der Waals surface area contributed by atoms with Gasteiger partial charge in [-0.2, -0.15) is 5.26 Å². The SMILES string of the molecule is COc1ccc([C@@H](C#N)C(=O)c2ccccc2)cc1. The lowest BCUT2D eigenvalue weighted by atomic mass is 9.92. The molecule has 0 bridgehead atoms. The van der Waals surface area contributed by atoms with Gasteiger partial charge in [0.1, 0.15) is 11.7 Å². The topological polar surface area (TPSA) is 50.1 Å². The van der Waals surface area contributed by atoms with Crippen molar-refractivity contribution >= 4 is 5.78 Å². The van der Waals surface area contributed by atoms with Crippen LogP contribution < -0.4 is 4.74 Å². The lowest BCUT2D eigenvalue weighted by Crippen LogP contribution is -2.11. The number of methoxy groups -OCH3 is 1. The molecule has 0 aromatic heterocycles. The molecule has 94 valence electrons. The number of rotatable bonds is 4. The van der Waals surface area contributed by atoms with Crippen LogP contribution in [-0.2, 0) is 0 Å². The van der Waals surface area contributed by atoms with Gasteiger partial charge in [-0.1, -0.05) is 42.5 Å². The van der Waals surface area contributed by atoms with Crippen molar-refractivity contribution in [2.24, 2.45) is 0 Å². The maximum atomic E-state index is 12.3. The van der Waals surface area contributed by atoms with Gasteiger partial charge in [-0.05, 0) is 17.7 Å². The largest absolute Gasteiger partial charge is 0.497 e. The minimum absolute atomic E-state index is 0.187. The summed E-state index contributed by atoms with van der Waals surface area (Å²) in [5.41, 5.74) is 1.22. The van der Waals surface area contributed by atoms with Crippen LogP contribution in [0.2, 0.25) is 0 Å². The first-order valence-electron chi connectivity index (χ1n) is 5.89. The summed E-state index contributed by atoms with van der Waals surface area (Å²) >= 11 is 0. The molecule has 0 aliphatic carbocycles. The van der Waals surface area contributed by atoms with Crippen LogP contribution in [0.4, 0.5) is 0 Å². The predicted molar refractivity (Wildman–Crippen MR) is 72.1 cm³/mol. The maximum absolute atomic E-state index is 12.3. The maximum Gasteiger partial charge on any atom is 0.184 e. The third-order valence-corrected chi connectivity index (χ3v) is 2.90. The van der Waals surface area contributed by atoms with Gasteiger partial charge in [-0.3, -0.25) is 4.79 Å². The molecule has 0 saturated heterocycles. The van der Waals surface area contributed by atoms with Gasteiger partial charge < -0.3 is 4.74 Å². The molecule has 0 fully saturated rings. The molecule has 0 aliphatic heterocycles. The van der Waals surface area contributed by atoms with E-state index in [1.54, 1.807) is 55.6 Å². The van der Waals surface area contributed by atoms with Crippen LogP contribution in [0.3, 0.4) is 0 Å². The Hall–Kier alpha value is -2.60. The lowest BCUT2D eigenvalue weighted by Gasteiger charge is -2.09. The predicted octanol–water partition coefficient (Wildman–Crippen LogP) is 3.19. The van der Waals surface area contributed by atoms with E-state index < -0.39 is 5.92 Å². The number of nitrogens with zero attached hydrogens (tertiary/aromatic N) is 1. The molecule has 0 spiro atoms. The van der Waals surface area contributed by atoms with Gasteiger partial charge in [0.05, 0.1) is 13.2 Å². The van der Waals surface area contributed by atoms with Gasteiger partial charge in [-0.15, -0.1) is 0 Å². The van der Waals surface area contributed by atoms with E-state index in [-0.39, 0.29) is 5.78 Å². The molecule has 0 saturated carbocycles. The summed E-state index contributed by atoms with van der Waals surface area (Å²) < 4.78 is 5.06. The van der Waals surface area contributed by atoms with Crippen molar-refractivity contribution < 1.29 is 9.53 Å². The van der Waals surface area contributed by atoms with Crippen molar-refractivity contribution in [3.8, 4) is 11.8 Å². The molecule has 19 heavy (non-hydrogen) atoms. The second kappa shape index (κ2) is 5.83. The fraction of sp³-hybridized carbons (Fsp3) is 0.125. The van der Waals surface area contributed by atoms with E-state index >= 15 is 0 Å². The van der Waals surface area contributed by atoms with Crippen molar-refractivity contribution in [3.63, 3.8) is 0 Å². The fourth-order valence-corrected chi connectivity index (χ4v) is 1.85. The first-order valence-corrected chi connectivity index (χ1v) is 5.89. The molecule has 2 rings (SSSR count). The summed E-state index contributed by atoms with van der Waals surface area (Å²) in [5.74, 6) is -0.269. The first kappa shape index (κ1) is 12.8. The van der Waals surface area contributed by atoms with Crippen LogP contribution in [-0.4, -0.2) is 12.9 Å². The van der Waals surface area contributed by atoms with Gasteiger partial charge in [0.2, 0.25) is 0 Å². The number of carbonyl (C=O) groups excluding carboxylic acids is 1. The second-order valence-electron chi connectivity index (χ2n) is 4.07. The van der Waals surface area contributed by atoms with Crippen molar-refractivity contribution in [2.75, 3.05) is 7.11 Å². The molecule has 0 unspecified atom stereocenters. The third kappa shape index (κ3) is 2.80. The van der Waals surface area contributed by atoms with Crippen LogP contribution >= 0.6 is 0 Å². The highest BCUT2D eigenvalue weighted by atomic mass is 16.5. The normalized spacial score (nSPS) is 11.4. The number of carbonyl (C=O) groups is 1. The molecule has 0 aliphatic rings. The minimum atomic E-state index is -0.784. The quantitative estimate of drug-likeness (QED) is 0.784. The van der Waals surface area contributed by atoms with Gasteiger partial charge in [0.15, 0.2) is 5.78 Å². The zero-order valence-electron chi connectivity index (χ0n) is 10.5. The summed E-state index contributed by atoms with van der Waals surface area (Å²) in [7, 11) is 1.58. The van der Waals surface area contributed by atoms with Crippen molar-refractivity contribution in [3.05, 3.63) is 65.7 Å². The van der Waals surface area contributed by atoms with Gasteiger partial charge in [0.25, 0.3) is 0 Å². The second-order valence-corrected chi connectivity index (χ2v) is 4.07. The van der Waals surface area contributed by atoms with Gasteiger partial charge >= 0.3 is 0 Å². The summed E-state index contributed by atoms with van der Waals surface area (Å²) in [6, 6.07) is 17.9. The van der Waals surface area contributed by atoms with Gasteiger partial charge in [-0.25, -0.2) is 0 Å². The molecule has 2 aromatic carbocycles. The van der Waals surface area contributed by atoms with E-state index in [9.17, 15) is 10.1 Å². The van der Waals surface area contributed by atoms with Gasteiger partial charge in [0, 0.05) is 5.56 Å². The summed E-state index contributed by atoms with van der Waals surface area (Å²) in [6.45, 7) is 0. The number of Topliss-reactive ketones (excluding diaryl/α,β-unsaturated/α-hetero) is 1. The van der Waals surface area contributed by atoms with Crippen molar-refractivity contribution in [1.29, 1.82) is 5.26 Å². The van der Waals surface area contributed by atoms with E-state index in [0.29, 0.717) is 16.9 Å². The van der Waals surface area contributed by atoms with E-state index in [0.717, 1.165) is 0 Å². The molecule has 0 amide bonds. The summed E-state index contributed by atoms with van der Waals surface area (Å²) in [5, 5.41) is 9.24. The molecule has 0 heterocycles. The van der Waals surface area contributed by atoms with Crippen LogP contribution in [0.25, 0.3) is 0 Å². The monoisotopic (exact) mass is 251 g/mol. The fourth-order valence-electron chi connectivity index (χ4n) is 1.85. The van der Waals surface area contributed by atoms with Crippen LogP contribution in [0.15, 0.2) is 54.6 Å². The Bertz CT molecular complexity index is 597. The first-order chi connectivity index (χ1) is 9.26. The molecule has 1 atom stereocenters. The summed E-state index contributed by atoms with van der Waals surface area (Å²) in [6.07, 6.45) is 0. The molecular formula is C16H13NO2. The van der Waals surface area contributed by atoms with E-state index in [1.807, 2.05) is 6.07 Å². The van der Waals surface area contributed by atoms with Crippen LogP contribution in [0, 0.1) is 11.3 Å². The molecule has 3 nitrogen and oxygen atoms in total. The Morgan fingerprint density at radius 1 is 1.11 bits per heavy atom. The number of nitriles is 1. The van der Waals surface area contributed by atoms with Crippen molar-refractivity contribution in [1.82, 2.24) is 0 Å². The van der Waals surface area contributed by atoms with E-state index in [2.05, 4.69) is 6.07 Å². The molecule has 0 N–H and O–H groups in total. The lowest BCUT2D eigenvalue weighted by molar-refractivity contribution is 0.0979. The number of benzene rings is 2. The zero-order chi connectivity index (χ0) is 13.7. The summed E-state index contributed by atoms with van der Waals surface area (Å²) in [4.78, 5) is 12.3. The highest BCUT2D eigenvalue weighted by Gasteiger charge is 2.21.